The molecule has 5 heteroatoms. The van der Waals surface area contributed by atoms with Crippen LogP contribution in [0.1, 0.15) is 24.2 Å². The summed E-state index contributed by atoms with van der Waals surface area (Å²) in [6, 6.07) is 15.7. The van der Waals surface area contributed by atoms with Gasteiger partial charge >= 0.3 is 0 Å². The number of nitrogens with zero attached hydrogens (tertiary/aromatic N) is 1. The van der Waals surface area contributed by atoms with Gasteiger partial charge in [0.25, 0.3) is 0 Å². The first-order valence-electron chi connectivity index (χ1n) is 7.65. The molecule has 5 nitrogen and oxygen atoms in total. The van der Waals surface area contributed by atoms with Crippen LogP contribution in [0, 0.1) is 0 Å². The third-order valence-electron chi connectivity index (χ3n) is 3.58. The van der Waals surface area contributed by atoms with Gasteiger partial charge in [-0.3, -0.25) is 9.83 Å². The molecule has 0 saturated carbocycles. The number of amidine groups is 1. The predicted molar refractivity (Wildman–Crippen MR) is 89.0 cm³/mol. The minimum atomic E-state index is -0.143. The van der Waals surface area contributed by atoms with Gasteiger partial charge in [0.15, 0.2) is 23.4 Å². The van der Waals surface area contributed by atoms with E-state index in [0.29, 0.717) is 19.0 Å². The number of benzene rings is 2. The van der Waals surface area contributed by atoms with Crippen LogP contribution < -0.4 is 15.0 Å². The van der Waals surface area contributed by atoms with Crippen molar-refractivity contribution in [3.63, 3.8) is 0 Å². The molecule has 0 bridgehead atoms. The van der Waals surface area contributed by atoms with Crippen LogP contribution in [0.4, 0.5) is 0 Å². The number of para-hydroxylation sites is 2. The van der Waals surface area contributed by atoms with Gasteiger partial charge in [-0.15, -0.1) is 0 Å². The molecule has 0 aromatic heterocycles. The van der Waals surface area contributed by atoms with Crippen LogP contribution in [0.3, 0.4) is 0 Å². The summed E-state index contributed by atoms with van der Waals surface area (Å²) >= 11 is 0. The molecule has 0 aliphatic carbocycles. The van der Waals surface area contributed by atoms with Crippen LogP contribution in [0.2, 0.25) is 0 Å². The zero-order valence-electron chi connectivity index (χ0n) is 13.3. The highest BCUT2D eigenvalue weighted by molar-refractivity contribution is 5.98. The van der Waals surface area contributed by atoms with Gasteiger partial charge in [0, 0.05) is 12.6 Å². The lowest BCUT2D eigenvalue weighted by Gasteiger charge is -2.27. The third kappa shape index (κ3) is 3.46. The largest absolute Gasteiger partial charge is 0.485 e. The molecule has 0 saturated heterocycles. The van der Waals surface area contributed by atoms with E-state index in [1.165, 1.54) is 0 Å². The maximum atomic E-state index is 6.05. The molecule has 0 radical (unpaired) electrons. The van der Waals surface area contributed by atoms with E-state index in [0.717, 1.165) is 22.6 Å². The Morgan fingerprint density at radius 1 is 1.22 bits per heavy atom. The molecule has 1 aliphatic rings. The summed E-state index contributed by atoms with van der Waals surface area (Å²) in [6.07, 6.45) is -0.143. The van der Waals surface area contributed by atoms with Crippen molar-refractivity contribution in [3.8, 4) is 11.5 Å². The summed E-state index contributed by atoms with van der Waals surface area (Å²) in [5.74, 6) is 2.24. The molecule has 1 heterocycles. The number of hydrogen-bond acceptors (Lipinski definition) is 4. The fraction of sp³-hybridized carbons (Fsp3) is 0.278. The smallest absolute Gasteiger partial charge is 0.162 e. The van der Waals surface area contributed by atoms with Crippen molar-refractivity contribution in [2.24, 2.45) is 4.99 Å². The van der Waals surface area contributed by atoms with Crippen LogP contribution in [0.5, 0.6) is 11.5 Å². The summed E-state index contributed by atoms with van der Waals surface area (Å²) in [5.41, 5.74) is 4.84. The number of hydroxylamine groups is 1. The standard InChI is InChI=1S/C18H20N2O3/c1-3-22-20-18(19-2)14-8-6-7-13(11-14)17-12-21-15-9-4-5-10-16(15)23-17/h4-11,17H,3,12H2,1-2H3,(H,19,20)/t17-/m1/s1. The van der Waals surface area contributed by atoms with Crippen LogP contribution in [-0.4, -0.2) is 26.1 Å². The molecule has 2 aromatic carbocycles. The normalized spacial score (nSPS) is 17.0. The van der Waals surface area contributed by atoms with E-state index in [1.807, 2.05) is 55.5 Å². The Hall–Kier alpha value is -2.53. The average molecular weight is 312 g/mol. The molecular weight excluding hydrogens is 292 g/mol. The Morgan fingerprint density at radius 2 is 2.04 bits per heavy atom. The van der Waals surface area contributed by atoms with Gasteiger partial charge in [0.05, 0.1) is 6.61 Å². The van der Waals surface area contributed by atoms with Gasteiger partial charge in [0.2, 0.25) is 0 Å². The van der Waals surface area contributed by atoms with Crippen LogP contribution in [0.15, 0.2) is 53.5 Å². The topological polar surface area (TPSA) is 52.1 Å². The Bertz CT molecular complexity index is 700. The molecule has 120 valence electrons. The first-order chi connectivity index (χ1) is 11.3. The Morgan fingerprint density at radius 3 is 2.83 bits per heavy atom. The second kappa shape index (κ2) is 7.15. The molecule has 2 aromatic rings. The molecule has 0 spiro atoms. The van der Waals surface area contributed by atoms with E-state index < -0.39 is 0 Å². The molecular formula is C18H20N2O3. The first-order valence-corrected chi connectivity index (χ1v) is 7.65. The fourth-order valence-electron chi connectivity index (χ4n) is 2.44. The lowest BCUT2D eigenvalue weighted by Crippen LogP contribution is -2.26. The minimum Gasteiger partial charge on any atom is -0.485 e. The number of fused-ring (bicyclic) bond motifs is 1. The fourth-order valence-corrected chi connectivity index (χ4v) is 2.44. The predicted octanol–water partition coefficient (Wildman–Crippen LogP) is 3.12. The molecule has 1 aliphatic heterocycles. The number of hydrogen-bond donors (Lipinski definition) is 1. The second-order valence-electron chi connectivity index (χ2n) is 5.10. The third-order valence-corrected chi connectivity index (χ3v) is 3.58. The monoisotopic (exact) mass is 312 g/mol. The van der Waals surface area contributed by atoms with E-state index in [4.69, 9.17) is 14.3 Å². The quantitative estimate of drug-likeness (QED) is 0.535. The van der Waals surface area contributed by atoms with Crippen LogP contribution in [-0.2, 0) is 4.84 Å². The van der Waals surface area contributed by atoms with Gasteiger partial charge in [-0.1, -0.05) is 30.3 Å². The first kappa shape index (κ1) is 15.4. The van der Waals surface area contributed by atoms with Gasteiger partial charge < -0.3 is 9.47 Å². The van der Waals surface area contributed by atoms with E-state index in [9.17, 15) is 0 Å². The molecule has 0 fully saturated rings. The summed E-state index contributed by atoms with van der Waals surface area (Å²) in [7, 11) is 1.73. The van der Waals surface area contributed by atoms with E-state index in [2.05, 4.69) is 10.5 Å². The number of aliphatic imine (C=N–C) groups is 1. The maximum absolute atomic E-state index is 6.05. The Labute approximate surface area is 135 Å². The lowest BCUT2D eigenvalue weighted by molar-refractivity contribution is 0.0911. The van der Waals surface area contributed by atoms with E-state index in [1.54, 1.807) is 7.05 Å². The molecule has 1 N–H and O–H groups in total. The summed E-state index contributed by atoms with van der Waals surface area (Å²) in [5, 5.41) is 0. The highest BCUT2D eigenvalue weighted by atomic mass is 16.6. The van der Waals surface area contributed by atoms with Crippen LogP contribution >= 0.6 is 0 Å². The highest BCUT2D eigenvalue weighted by Gasteiger charge is 2.22. The van der Waals surface area contributed by atoms with Crippen molar-refractivity contribution in [1.29, 1.82) is 0 Å². The van der Waals surface area contributed by atoms with Gasteiger partial charge in [0.1, 0.15) is 6.61 Å². The van der Waals surface area contributed by atoms with Crippen LogP contribution in [0.25, 0.3) is 0 Å². The van der Waals surface area contributed by atoms with E-state index in [-0.39, 0.29) is 6.10 Å². The minimum absolute atomic E-state index is 0.143. The molecule has 0 unspecified atom stereocenters. The average Bonchev–Trinajstić information content (AvgIpc) is 2.62. The molecule has 3 rings (SSSR count). The zero-order valence-corrected chi connectivity index (χ0v) is 13.3. The van der Waals surface area contributed by atoms with Gasteiger partial charge in [-0.25, -0.2) is 5.48 Å². The Kier molecular flexibility index (Phi) is 4.78. The van der Waals surface area contributed by atoms with Crippen molar-refractivity contribution >= 4 is 5.84 Å². The van der Waals surface area contributed by atoms with Crippen molar-refractivity contribution < 1.29 is 14.3 Å². The van der Waals surface area contributed by atoms with Crippen molar-refractivity contribution in [2.45, 2.75) is 13.0 Å². The number of ether oxygens (including phenoxy) is 2. The second-order valence-corrected chi connectivity index (χ2v) is 5.10. The number of nitrogens with one attached hydrogen (secondary N) is 1. The summed E-state index contributed by atoms with van der Waals surface area (Å²) < 4.78 is 11.8. The van der Waals surface area contributed by atoms with E-state index >= 15 is 0 Å². The highest BCUT2D eigenvalue weighted by Crippen LogP contribution is 2.35. The van der Waals surface area contributed by atoms with Crippen molar-refractivity contribution in [1.82, 2.24) is 5.48 Å². The summed E-state index contributed by atoms with van der Waals surface area (Å²) in [4.78, 5) is 9.46. The number of rotatable bonds is 4. The zero-order chi connectivity index (χ0) is 16.1. The molecule has 1 atom stereocenters. The SMILES string of the molecule is CCONC(=NC)c1cccc([C@H]2COc3ccccc3O2)c1. The summed E-state index contributed by atoms with van der Waals surface area (Å²) in [6.45, 7) is 2.97. The van der Waals surface area contributed by atoms with Gasteiger partial charge in [-0.2, -0.15) is 0 Å². The van der Waals surface area contributed by atoms with Gasteiger partial charge in [-0.05, 0) is 30.7 Å². The lowest BCUT2D eigenvalue weighted by atomic mass is 10.0. The molecule has 23 heavy (non-hydrogen) atoms. The van der Waals surface area contributed by atoms with Crippen molar-refractivity contribution in [3.05, 3.63) is 59.7 Å². The maximum Gasteiger partial charge on any atom is 0.162 e. The van der Waals surface area contributed by atoms with Crippen molar-refractivity contribution in [2.75, 3.05) is 20.3 Å². The Balaban J connectivity index is 1.81. The molecule has 0 amide bonds.